The summed E-state index contributed by atoms with van der Waals surface area (Å²) >= 11 is 5.90. The van der Waals surface area contributed by atoms with E-state index in [1.165, 1.54) is 12.8 Å². The van der Waals surface area contributed by atoms with Gasteiger partial charge in [0, 0.05) is 27.9 Å². The standard InChI is InChI=1S/C26H22ClN3O3/c27-19-10-5-17(6-11-19)25(31)28-20-12-7-16(8-13-20)24-29-22-15-18(26(32)33)9-14-23(22)30(24)21-3-1-2-4-21/h5-15,21H,1-4H2,(H,28,31)(H,32,33). The minimum absolute atomic E-state index is 0.209. The van der Waals surface area contributed by atoms with Crippen molar-refractivity contribution in [1.82, 2.24) is 9.55 Å². The molecule has 5 rings (SSSR count). The second-order valence-electron chi connectivity index (χ2n) is 8.29. The quantitative estimate of drug-likeness (QED) is 0.360. The molecule has 1 heterocycles. The van der Waals surface area contributed by atoms with Gasteiger partial charge in [-0.3, -0.25) is 4.79 Å². The minimum Gasteiger partial charge on any atom is -0.478 e. The maximum atomic E-state index is 12.5. The van der Waals surface area contributed by atoms with Gasteiger partial charge in [-0.25, -0.2) is 9.78 Å². The average molecular weight is 460 g/mol. The molecule has 1 aromatic heterocycles. The first-order valence-electron chi connectivity index (χ1n) is 10.9. The van der Waals surface area contributed by atoms with Crippen LogP contribution in [0, 0.1) is 0 Å². The highest BCUT2D eigenvalue weighted by molar-refractivity contribution is 6.30. The Balaban J connectivity index is 1.48. The van der Waals surface area contributed by atoms with Crippen LogP contribution in [0.1, 0.15) is 52.4 Å². The van der Waals surface area contributed by atoms with Gasteiger partial charge in [-0.05, 0) is 79.6 Å². The topological polar surface area (TPSA) is 84.2 Å². The molecule has 0 atom stereocenters. The zero-order valence-electron chi connectivity index (χ0n) is 17.8. The summed E-state index contributed by atoms with van der Waals surface area (Å²) in [6.45, 7) is 0. The molecule has 1 saturated carbocycles. The third-order valence-electron chi connectivity index (χ3n) is 6.13. The molecule has 6 nitrogen and oxygen atoms in total. The lowest BCUT2D eigenvalue weighted by Crippen LogP contribution is -2.11. The number of nitrogens with one attached hydrogen (secondary N) is 1. The van der Waals surface area contributed by atoms with Crippen LogP contribution in [0.2, 0.25) is 5.02 Å². The van der Waals surface area contributed by atoms with Gasteiger partial charge >= 0.3 is 5.97 Å². The summed E-state index contributed by atoms with van der Waals surface area (Å²) in [7, 11) is 0. The normalized spacial score (nSPS) is 14.0. The van der Waals surface area contributed by atoms with E-state index in [0.717, 1.165) is 29.7 Å². The SMILES string of the molecule is O=C(O)c1ccc2c(c1)nc(-c1ccc(NC(=O)c3ccc(Cl)cc3)cc1)n2C1CCCC1. The molecule has 33 heavy (non-hydrogen) atoms. The Bertz CT molecular complexity index is 1340. The molecule has 0 spiro atoms. The zero-order valence-corrected chi connectivity index (χ0v) is 18.5. The lowest BCUT2D eigenvalue weighted by atomic mass is 10.1. The number of halogens is 1. The van der Waals surface area contributed by atoms with Gasteiger partial charge in [-0.1, -0.05) is 24.4 Å². The van der Waals surface area contributed by atoms with Crippen molar-refractivity contribution in [3.8, 4) is 11.4 Å². The number of anilines is 1. The summed E-state index contributed by atoms with van der Waals surface area (Å²) in [6.07, 6.45) is 4.50. The second kappa shape index (κ2) is 8.71. The van der Waals surface area contributed by atoms with E-state index in [2.05, 4.69) is 9.88 Å². The number of carbonyl (C=O) groups is 2. The minimum atomic E-state index is -0.963. The summed E-state index contributed by atoms with van der Waals surface area (Å²) in [5.41, 5.74) is 3.97. The number of benzene rings is 3. The van der Waals surface area contributed by atoms with E-state index < -0.39 is 5.97 Å². The van der Waals surface area contributed by atoms with Gasteiger partial charge in [0.2, 0.25) is 0 Å². The van der Waals surface area contributed by atoms with Gasteiger partial charge in [0.15, 0.2) is 0 Å². The van der Waals surface area contributed by atoms with E-state index in [4.69, 9.17) is 16.6 Å². The lowest BCUT2D eigenvalue weighted by molar-refractivity contribution is 0.0696. The van der Waals surface area contributed by atoms with Crippen LogP contribution in [0.3, 0.4) is 0 Å². The molecule has 4 aromatic rings. The highest BCUT2D eigenvalue weighted by atomic mass is 35.5. The zero-order chi connectivity index (χ0) is 22.9. The van der Waals surface area contributed by atoms with E-state index >= 15 is 0 Å². The summed E-state index contributed by atoms with van der Waals surface area (Å²) < 4.78 is 2.25. The van der Waals surface area contributed by atoms with E-state index in [0.29, 0.717) is 27.8 Å². The van der Waals surface area contributed by atoms with Gasteiger partial charge in [-0.2, -0.15) is 0 Å². The second-order valence-corrected chi connectivity index (χ2v) is 8.73. The summed E-state index contributed by atoms with van der Waals surface area (Å²) in [4.78, 5) is 28.7. The van der Waals surface area contributed by atoms with Crippen LogP contribution in [0.5, 0.6) is 0 Å². The molecule has 1 fully saturated rings. The van der Waals surface area contributed by atoms with Gasteiger partial charge in [0.25, 0.3) is 5.91 Å². The van der Waals surface area contributed by atoms with Crippen LogP contribution >= 0.6 is 11.6 Å². The largest absolute Gasteiger partial charge is 0.478 e. The third kappa shape index (κ3) is 4.22. The molecular formula is C26H22ClN3O3. The summed E-state index contributed by atoms with van der Waals surface area (Å²) in [6, 6.07) is 19.8. The fraction of sp³-hybridized carbons (Fsp3) is 0.192. The van der Waals surface area contributed by atoms with Crippen molar-refractivity contribution >= 4 is 40.2 Å². The molecule has 1 aliphatic carbocycles. The summed E-state index contributed by atoms with van der Waals surface area (Å²) in [5.74, 6) is -0.358. The van der Waals surface area contributed by atoms with Crippen LogP contribution in [0.25, 0.3) is 22.4 Å². The highest BCUT2D eigenvalue weighted by Crippen LogP contribution is 2.37. The van der Waals surface area contributed by atoms with Crippen molar-refractivity contribution in [2.45, 2.75) is 31.7 Å². The Labute approximate surface area is 195 Å². The van der Waals surface area contributed by atoms with Crippen LogP contribution < -0.4 is 5.32 Å². The van der Waals surface area contributed by atoms with Crippen molar-refractivity contribution in [2.75, 3.05) is 5.32 Å². The maximum Gasteiger partial charge on any atom is 0.335 e. The first kappa shape index (κ1) is 21.2. The van der Waals surface area contributed by atoms with E-state index in [1.807, 2.05) is 30.3 Å². The predicted octanol–water partition coefficient (Wildman–Crippen LogP) is 6.42. The monoisotopic (exact) mass is 459 g/mol. The molecule has 1 amide bonds. The first-order chi connectivity index (χ1) is 16.0. The van der Waals surface area contributed by atoms with Crippen LogP contribution in [-0.4, -0.2) is 26.5 Å². The number of fused-ring (bicyclic) bond motifs is 1. The molecule has 0 bridgehead atoms. The Kier molecular flexibility index (Phi) is 5.60. The number of carbonyl (C=O) groups excluding carboxylic acids is 1. The molecule has 0 aliphatic heterocycles. The molecule has 0 saturated heterocycles. The fourth-order valence-electron chi connectivity index (χ4n) is 4.47. The number of hydrogen-bond acceptors (Lipinski definition) is 3. The number of nitrogens with zero attached hydrogens (tertiary/aromatic N) is 2. The van der Waals surface area contributed by atoms with Crippen molar-refractivity contribution in [3.63, 3.8) is 0 Å². The first-order valence-corrected chi connectivity index (χ1v) is 11.3. The molecule has 7 heteroatoms. The van der Waals surface area contributed by atoms with E-state index in [1.54, 1.807) is 36.4 Å². The van der Waals surface area contributed by atoms with Gasteiger partial charge < -0.3 is 15.0 Å². The van der Waals surface area contributed by atoms with Gasteiger partial charge in [0.05, 0.1) is 16.6 Å². The van der Waals surface area contributed by atoms with Crippen molar-refractivity contribution < 1.29 is 14.7 Å². The third-order valence-corrected chi connectivity index (χ3v) is 6.39. The number of aromatic nitrogens is 2. The lowest BCUT2D eigenvalue weighted by Gasteiger charge is -2.17. The number of aromatic carboxylic acids is 1. The van der Waals surface area contributed by atoms with Crippen molar-refractivity contribution in [2.24, 2.45) is 0 Å². The Morgan fingerprint density at radius 3 is 2.27 bits per heavy atom. The number of carboxylic acid groups (broad SMARTS) is 1. The van der Waals surface area contributed by atoms with E-state index in [9.17, 15) is 14.7 Å². The Hall–Kier alpha value is -3.64. The van der Waals surface area contributed by atoms with Crippen molar-refractivity contribution in [3.05, 3.63) is 82.9 Å². The van der Waals surface area contributed by atoms with Crippen LogP contribution in [0.15, 0.2) is 66.7 Å². The maximum absolute atomic E-state index is 12.5. The van der Waals surface area contributed by atoms with Gasteiger partial charge in [-0.15, -0.1) is 0 Å². The smallest absolute Gasteiger partial charge is 0.335 e. The fourth-order valence-corrected chi connectivity index (χ4v) is 4.60. The molecular weight excluding hydrogens is 438 g/mol. The molecule has 0 radical (unpaired) electrons. The van der Waals surface area contributed by atoms with Gasteiger partial charge in [0.1, 0.15) is 5.82 Å². The number of rotatable bonds is 5. The molecule has 3 aromatic carbocycles. The van der Waals surface area contributed by atoms with Crippen LogP contribution in [-0.2, 0) is 0 Å². The average Bonchev–Trinajstić information content (AvgIpc) is 3.47. The van der Waals surface area contributed by atoms with Crippen molar-refractivity contribution in [1.29, 1.82) is 0 Å². The Morgan fingerprint density at radius 1 is 0.939 bits per heavy atom. The van der Waals surface area contributed by atoms with E-state index in [-0.39, 0.29) is 11.5 Å². The number of amides is 1. The molecule has 0 unspecified atom stereocenters. The van der Waals surface area contributed by atoms with Crippen LogP contribution in [0.4, 0.5) is 5.69 Å². The molecule has 2 N–H and O–H groups in total. The number of hydrogen-bond donors (Lipinski definition) is 2. The predicted molar refractivity (Wildman–Crippen MR) is 129 cm³/mol. The summed E-state index contributed by atoms with van der Waals surface area (Å²) in [5, 5.41) is 12.8. The highest BCUT2D eigenvalue weighted by Gasteiger charge is 2.24. The molecule has 1 aliphatic rings. The number of carboxylic acids is 1. The molecule has 166 valence electrons. The number of imidazole rings is 1. The Morgan fingerprint density at radius 2 is 1.61 bits per heavy atom.